The van der Waals surface area contributed by atoms with E-state index < -0.39 is 5.82 Å². The first-order valence-electron chi connectivity index (χ1n) is 6.94. The summed E-state index contributed by atoms with van der Waals surface area (Å²) in [6.45, 7) is 1.53. The van der Waals surface area contributed by atoms with Gasteiger partial charge < -0.3 is 10.2 Å². The number of nitrogens with zero attached hydrogens (tertiary/aromatic N) is 1. The molecule has 1 aliphatic rings. The molecule has 1 fully saturated rings. The number of likely N-dealkylation sites (tertiary alicyclic amines) is 1. The average molecular weight is 278 g/mol. The summed E-state index contributed by atoms with van der Waals surface area (Å²) in [5, 5.41) is 2.56. The number of piperidine rings is 1. The lowest BCUT2D eigenvalue weighted by Crippen LogP contribution is -2.42. The predicted octanol–water partition coefficient (Wildman–Crippen LogP) is 1.50. The van der Waals surface area contributed by atoms with Crippen LogP contribution in [0.4, 0.5) is 4.39 Å². The minimum Gasteiger partial charge on any atom is -0.347 e. The highest BCUT2D eigenvalue weighted by molar-refractivity contribution is 5.85. The third kappa shape index (κ3) is 4.05. The van der Waals surface area contributed by atoms with Gasteiger partial charge in [-0.1, -0.05) is 18.2 Å². The molecule has 20 heavy (non-hydrogen) atoms. The lowest BCUT2D eigenvalue weighted by molar-refractivity contribution is -0.133. The van der Waals surface area contributed by atoms with E-state index in [-0.39, 0.29) is 24.8 Å². The van der Waals surface area contributed by atoms with Crippen LogP contribution < -0.4 is 5.32 Å². The third-order valence-corrected chi connectivity index (χ3v) is 3.45. The minimum absolute atomic E-state index is 0.00666. The first-order valence-corrected chi connectivity index (χ1v) is 6.94. The van der Waals surface area contributed by atoms with Gasteiger partial charge in [0.05, 0.1) is 13.0 Å². The predicted molar refractivity (Wildman–Crippen MR) is 73.5 cm³/mol. The Morgan fingerprint density at radius 3 is 2.55 bits per heavy atom. The second-order valence-corrected chi connectivity index (χ2v) is 4.99. The van der Waals surface area contributed by atoms with Gasteiger partial charge in [0.25, 0.3) is 0 Å². The molecule has 0 aliphatic carbocycles. The van der Waals surface area contributed by atoms with Crippen LogP contribution in [0.3, 0.4) is 0 Å². The maximum absolute atomic E-state index is 13.4. The molecule has 2 amide bonds. The van der Waals surface area contributed by atoms with Gasteiger partial charge >= 0.3 is 0 Å². The van der Waals surface area contributed by atoms with E-state index in [1.807, 2.05) is 0 Å². The number of amides is 2. The van der Waals surface area contributed by atoms with Crippen molar-refractivity contribution in [3.8, 4) is 0 Å². The van der Waals surface area contributed by atoms with Crippen LogP contribution >= 0.6 is 0 Å². The largest absolute Gasteiger partial charge is 0.347 e. The van der Waals surface area contributed by atoms with Crippen molar-refractivity contribution in [3.05, 3.63) is 35.6 Å². The Hall–Kier alpha value is -1.91. The van der Waals surface area contributed by atoms with Crippen molar-refractivity contribution in [2.75, 3.05) is 19.6 Å². The first-order chi connectivity index (χ1) is 9.66. The van der Waals surface area contributed by atoms with Gasteiger partial charge in [0.1, 0.15) is 5.82 Å². The van der Waals surface area contributed by atoms with Gasteiger partial charge in [-0.05, 0) is 30.9 Å². The van der Waals surface area contributed by atoms with Crippen molar-refractivity contribution in [2.45, 2.75) is 25.7 Å². The Balaban J connectivity index is 1.77. The van der Waals surface area contributed by atoms with Crippen molar-refractivity contribution in [1.82, 2.24) is 10.2 Å². The van der Waals surface area contributed by atoms with Gasteiger partial charge in [0.15, 0.2) is 0 Å². The molecule has 1 aromatic carbocycles. The number of rotatable bonds is 4. The van der Waals surface area contributed by atoms with E-state index in [1.165, 1.54) is 6.07 Å². The maximum Gasteiger partial charge on any atom is 0.241 e. The molecule has 4 nitrogen and oxygen atoms in total. The zero-order chi connectivity index (χ0) is 14.4. The summed E-state index contributed by atoms with van der Waals surface area (Å²) in [5.74, 6) is -0.794. The molecule has 5 heteroatoms. The highest BCUT2D eigenvalue weighted by atomic mass is 19.1. The normalized spacial score (nSPS) is 14.9. The van der Waals surface area contributed by atoms with Crippen LogP contribution in [-0.2, 0) is 16.0 Å². The smallest absolute Gasteiger partial charge is 0.241 e. The molecule has 0 spiro atoms. The molecule has 1 heterocycles. The zero-order valence-electron chi connectivity index (χ0n) is 11.4. The SMILES string of the molecule is O=C(Cc1ccccc1F)NCC(=O)N1CCCCC1. The van der Waals surface area contributed by atoms with Crippen LogP contribution in [0.5, 0.6) is 0 Å². The Morgan fingerprint density at radius 1 is 1.15 bits per heavy atom. The summed E-state index contributed by atoms with van der Waals surface area (Å²) in [7, 11) is 0. The molecule has 0 bridgehead atoms. The summed E-state index contributed by atoms with van der Waals surface area (Å²) < 4.78 is 13.4. The van der Waals surface area contributed by atoms with E-state index in [0.29, 0.717) is 5.56 Å². The zero-order valence-corrected chi connectivity index (χ0v) is 11.4. The summed E-state index contributed by atoms with van der Waals surface area (Å²) in [6.07, 6.45) is 3.16. The van der Waals surface area contributed by atoms with Gasteiger partial charge in [-0.3, -0.25) is 9.59 Å². The van der Waals surface area contributed by atoms with Crippen LogP contribution in [-0.4, -0.2) is 36.3 Å². The molecule has 0 saturated carbocycles. The molecule has 0 radical (unpaired) electrons. The van der Waals surface area contributed by atoms with Crippen LogP contribution in [0.15, 0.2) is 24.3 Å². The van der Waals surface area contributed by atoms with Crippen molar-refractivity contribution < 1.29 is 14.0 Å². The van der Waals surface area contributed by atoms with Gasteiger partial charge in [-0.2, -0.15) is 0 Å². The van der Waals surface area contributed by atoms with Crippen LogP contribution in [0.1, 0.15) is 24.8 Å². The quantitative estimate of drug-likeness (QED) is 0.907. The Morgan fingerprint density at radius 2 is 1.85 bits per heavy atom. The Kier molecular flexibility index (Phi) is 5.09. The fraction of sp³-hybridized carbons (Fsp3) is 0.467. The summed E-state index contributed by atoms with van der Waals surface area (Å²) in [6, 6.07) is 6.16. The number of benzene rings is 1. The molecule has 1 aromatic rings. The number of hydrogen-bond acceptors (Lipinski definition) is 2. The standard InChI is InChI=1S/C15H19FN2O2/c16-13-7-3-2-6-12(13)10-14(19)17-11-15(20)18-8-4-1-5-9-18/h2-3,6-7H,1,4-5,8-11H2,(H,17,19). The lowest BCUT2D eigenvalue weighted by atomic mass is 10.1. The number of hydrogen-bond donors (Lipinski definition) is 1. The highest BCUT2D eigenvalue weighted by Gasteiger charge is 2.17. The fourth-order valence-corrected chi connectivity index (χ4v) is 2.31. The topological polar surface area (TPSA) is 49.4 Å². The molecule has 1 saturated heterocycles. The van der Waals surface area contributed by atoms with Gasteiger partial charge in [-0.15, -0.1) is 0 Å². The van der Waals surface area contributed by atoms with E-state index in [4.69, 9.17) is 0 Å². The maximum atomic E-state index is 13.4. The molecular weight excluding hydrogens is 259 g/mol. The summed E-state index contributed by atoms with van der Waals surface area (Å²) >= 11 is 0. The second-order valence-electron chi connectivity index (χ2n) is 4.99. The number of carbonyl (C=O) groups is 2. The fourth-order valence-electron chi connectivity index (χ4n) is 2.31. The second kappa shape index (κ2) is 7.03. The van der Waals surface area contributed by atoms with E-state index >= 15 is 0 Å². The number of halogens is 1. The van der Waals surface area contributed by atoms with Crippen LogP contribution in [0.2, 0.25) is 0 Å². The van der Waals surface area contributed by atoms with E-state index in [2.05, 4.69) is 5.32 Å². The molecule has 0 aromatic heterocycles. The number of carbonyl (C=O) groups excluding carboxylic acids is 2. The monoisotopic (exact) mass is 278 g/mol. The molecule has 2 rings (SSSR count). The third-order valence-electron chi connectivity index (χ3n) is 3.45. The lowest BCUT2D eigenvalue weighted by Gasteiger charge is -2.26. The summed E-state index contributed by atoms with van der Waals surface area (Å²) in [4.78, 5) is 25.3. The molecular formula is C15H19FN2O2. The van der Waals surface area contributed by atoms with E-state index in [1.54, 1.807) is 23.1 Å². The summed E-state index contributed by atoms with van der Waals surface area (Å²) in [5.41, 5.74) is 0.343. The number of nitrogens with one attached hydrogen (secondary N) is 1. The van der Waals surface area contributed by atoms with Crippen LogP contribution in [0, 0.1) is 5.82 Å². The minimum atomic E-state index is -0.398. The van der Waals surface area contributed by atoms with Crippen molar-refractivity contribution in [3.63, 3.8) is 0 Å². The Labute approximate surface area is 118 Å². The average Bonchev–Trinajstić information content (AvgIpc) is 2.48. The van der Waals surface area contributed by atoms with Gasteiger partial charge in [0, 0.05) is 13.1 Å². The molecule has 108 valence electrons. The van der Waals surface area contributed by atoms with Crippen molar-refractivity contribution in [2.24, 2.45) is 0 Å². The first kappa shape index (κ1) is 14.5. The molecule has 1 aliphatic heterocycles. The van der Waals surface area contributed by atoms with Crippen molar-refractivity contribution >= 4 is 11.8 Å². The Bertz CT molecular complexity index is 485. The molecule has 1 N–H and O–H groups in total. The van der Waals surface area contributed by atoms with Gasteiger partial charge in [-0.25, -0.2) is 4.39 Å². The highest BCUT2D eigenvalue weighted by Crippen LogP contribution is 2.09. The van der Waals surface area contributed by atoms with E-state index in [9.17, 15) is 14.0 Å². The van der Waals surface area contributed by atoms with E-state index in [0.717, 1.165) is 32.4 Å². The molecule has 0 unspecified atom stereocenters. The van der Waals surface area contributed by atoms with Gasteiger partial charge in [0.2, 0.25) is 11.8 Å². The molecule has 0 atom stereocenters. The van der Waals surface area contributed by atoms with Crippen LogP contribution in [0.25, 0.3) is 0 Å². The van der Waals surface area contributed by atoms with Crippen molar-refractivity contribution in [1.29, 1.82) is 0 Å².